The predicted molar refractivity (Wildman–Crippen MR) is 309 cm³/mol. The molecule has 0 aliphatic heterocycles. The molecular weight excluding hydrogens is 933 g/mol. The SMILES string of the molecule is c1ccc(-c2nc(-c3ccc(-c4ccc5c(c4)oc4ccccc45)cc3)nc(-c3cccc4oc5ccc(-c6cc(-c7ccc8c9ccccc9n(-c9ccccc9)c8c7)cc7oc8ccccc8c67)cc5c34)n2)cc1. The van der Waals surface area contributed by atoms with E-state index in [0.717, 1.165) is 127 Å². The standard InChI is InChI=1S/C69H40N4O3/c1-3-14-42(15-4-1)67-70-68(43-28-26-41(27-29-43)45-31-34-52-51-19-8-11-23-59(51)75-63(52)39-45)72-69(71-67)54-21-13-25-62-66(54)56-36-46(32-35-61(56)74-62)55-37-47(40-64-65(55)53-20-9-12-24-60(53)76-64)44-30-33-50-49-18-7-10-22-57(49)73(58(50)38-44)48-16-5-2-6-17-48/h1-40H. The van der Waals surface area contributed by atoms with Gasteiger partial charge in [-0.15, -0.1) is 0 Å². The van der Waals surface area contributed by atoms with Crippen molar-refractivity contribution >= 4 is 87.6 Å². The van der Waals surface area contributed by atoms with Crippen LogP contribution in [0.5, 0.6) is 0 Å². The highest BCUT2D eigenvalue weighted by molar-refractivity contribution is 6.17. The van der Waals surface area contributed by atoms with Crippen molar-refractivity contribution in [2.75, 3.05) is 0 Å². The molecule has 0 N–H and O–H groups in total. The fourth-order valence-corrected chi connectivity index (χ4v) is 11.5. The molecule has 0 unspecified atom stereocenters. The van der Waals surface area contributed by atoms with Crippen LogP contribution in [-0.2, 0) is 0 Å². The van der Waals surface area contributed by atoms with Gasteiger partial charge in [0.15, 0.2) is 17.5 Å². The van der Waals surface area contributed by atoms with Crippen molar-refractivity contribution in [3.05, 3.63) is 243 Å². The molecule has 0 aliphatic carbocycles. The highest BCUT2D eigenvalue weighted by Gasteiger charge is 2.22. The van der Waals surface area contributed by atoms with Crippen LogP contribution in [0.4, 0.5) is 0 Å². The first kappa shape index (κ1) is 42.2. The van der Waals surface area contributed by atoms with Crippen molar-refractivity contribution in [3.63, 3.8) is 0 Å². The van der Waals surface area contributed by atoms with Crippen molar-refractivity contribution in [2.45, 2.75) is 0 Å². The Hall–Kier alpha value is -10.4. The molecule has 0 bridgehead atoms. The molecule has 7 heteroatoms. The van der Waals surface area contributed by atoms with Crippen molar-refractivity contribution in [1.82, 2.24) is 19.5 Å². The van der Waals surface area contributed by atoms with E-state index >= 15 is 0 Å². The topological polar surface area (TPSA) is 83.0 Å². The average molecular weight is 973 g/mol. The van der Waals surface area contributed by atoms with E-state index in [9.17, 15) is 0 Å². The van der Waals surface area contributed by atoms with Crippen molar-refractivity contribution in [1.29, 1.82) is 0 Å². The molecule has 0 aliphatic rings. The van der Waals surface area contributed by atoms with E-state index in [0.29, 0.717) is 17.5 Å². The van der Waals surface area contributed by atoms with Crippen LogP contribution >= 0.6 is 0 Å². The second-order valence-corrected chi connectivity index (χ2v) is 19.5. The maximum absolute atomic E-state index is 6.73. The van der Waals surface area contributed by atoms with Crippen molar-refractivity contribution < 1.29 is 13.3 Å². The minimum absolute atomic E-state index is 0.551. The molecule has 0 fully saturated rings. The number of para-hydroxylation sites is 4. The summed E-state index contributed by atoms with van der Waals surface area (Å²) < 4.78 is 22.0. The average Bonchev–Trinajstić information content (AvgIpc) is 4.27. The fraction of sp³-hybridized carbons (Fsp3) is 0. The van der Waals surface area contributed by atoms with Gasteiger partial charge in [-0.05, 0) is 112 Å². The van der Waals surface area contributed by atoms with Crippen LogP contribution in [0.3, 0.4) is 0 Å². The highest BCUT2D eigenvalue weighted by atomic mass is 16.3. The Kier molecular flexibility index (Phi) is 9.20. The van der Waals surface area contributed by atoms with Crippen LogP contribution in [0.2, 0.25) is 0 Å². The fourth-order valence-electron chi connectivity index (χ4n) is 11.5. The zero-order chi connectivity index (χ0) is 49.8. The van der Waals surface area contributed by atoms with Gasteiger partial charge in [0, 0.05) is 65.5 Å². The van der Waals surface area contributed by atoms with E-state index in [1.165, 1.54) is 16.3 Å². The third-order valence-electron chi connectivity index (χ3n) is 15.1. The second kappa shape index (κ2) is 16.6. The van der Waals surface area contributed by atoms with Gasteiger partial charge in [-0.2, -0.15) is 0 Å². The van der Waals surface area contributed by atoms with E-state index in [-0.39, 0.29) is 0 Å². The van der Waals surface area contributed by atoms with Crippen LogP contribution in [0.25, 0.3) is 161 Å². The van der Waals surface area contributed by atoms with E-state index < -0.39 is 0 Å². The highest BCUT2D eigenvalue weighted by Crippen LogP contribution is 2.45. The smallest absolute Gasteiger partial charge is 0.164 e. The van der Waals surface area contributed by atoms with Gasteiger partial charge < -0.3 is 17.8 Å². The number of hydrogen-bond donors (Lipinski definition) is 0. The molecule has 5 aromatic heterocycles. The lowest BCUT2D eigenvalue weighted by atomic mass is 9.93. The molecule has 0 radical (unpaired) electrons. The van der Waals surface area contributed by atoms with Gasteiger partial charge >= 0.3 is 0 Å². The number of hydrogen-bond acceptors (Lipinski definition) is 6. The first-order chi connectivity index (χ1) is 37.6. The molecule has 5 heterocycles. The maximum Gasteiger partial charge on any atom is 0.164 e. The number of fused-ring (bicyclic) bond motifs is 12. The van der Waals surface area contributed by atoms with E-state index in [4.69, 9.17) is 28.2 Å². The van der Waals surface area contributed by atoms with Crippen LogP contribution < -0.4 is 0 Å². The Morgan fingerprint density at radius 1 is 0.250 bits per heavy atom. The monoisotopic (exact) mass is 972 g/mol. The van der Waals surface area contributed by atoms with Gasteiger partial charge in [0.1, 0.15) is 33.5 Å². The van der Waals surface area contributed by atoms with Gasteiger partial charge in [-0.25, -0.2) is 15.0 Å². The molecule has 0 saturated carbocycles. The van der Waals surface area contributed by atoms with Crippen LogP contribution in [0, 0.1) is 0 Å². The molecule has 76 heavy (non-hydrogen) atoms. The molecular formula is C69H40N4O3. The zero-order valence-electron chi connectivity index (χ0n) is 40.6. The lowest BCUT2D eigenvalue weighted by Gasteiger charge is -2.11. The van der Waals surface area contributed by atoms with E-state index in [1.807, 2.05) is 72.8 Å². The Bertz CT molecular complexity index is 4990. The normalized spacial score (nSPS) is 11.9. The molecule has 0 spiro atoms. The Labute approximate surface area is 434 Å². The minimum Gasteiger partial charge on any atom is -0.456 e. The Morgan fingerprint density at radius 2 is 0.776 bits per heavy atom. The molecule has 0 amide bonds. The summed E-state index contributed by atoms with van der Waals surface area (Å²) in [6.07, 6.45) is 0. The number of aromatic nitrogens is 4. The van der Waals surface area contributed by atoms with Gasteiger partial charge in [-0.1, -0.05) is 164 Å². The summed E-state index contributed by atoms with van der Waals surface area (Å²) in [6.45, 7) is 0. The van der Waals surface area contributed by atoms with Gasteiger partial charge in [0.25, 0.3) is 0 Å². The molecule has 0 atom stereocenters. The van der Waals surface area contributed by atoms with Crippen LogP contribution in [0.1, 0.15) is 0 Å². The van der Waals surface area contributed by atoms with Crippen molar-refractivity contribution in [3.8, 4) is 73.2 Å². The van der Waals surface area contributed by atoms with Crippen molar-refractivity contribution in [2.24, 2.45) is 0 Å². The maximum atomic E-state index is 6.73. The zero-order valence-corrected chi connectivity index (χ0v) is 40.6. The third kappa shape index (κ3) is 6.66. The van der Waals surface area contributed by atoms with Gasteiger partial charge in [-0.3, -0.25) is 0 Å². The lowest BCUT2D eigenvalue weighted by Crippen LogP contribution is -2.00. The Balaban J connectivity index is 0.847. The quantitative estimate of drug-likeness (QED) is 0.158. The summed E-state index contributed by atoms with van der Waals surface area (Å²) in [5, 5.41) is 8.63. The first-order valence-corrected chi connectivity index (χ1v) is 25.5. The number of benzene rings is 11. The van der Waals surface area contributed by atoms with Crippen LogP contribution in [0.15, 0.2) is 256 Å². The van der Waals surface area contributed by atoms with Gasteiger partial charge in [0.2, 0.25) is 0 Å². The first-order valence-electron chi connectivity index (χ1n) is 25.5. The molecule has 16 aromatic rings. The summed E-state index contributed by atoms with van der Waals surface area (Å²) in [6, 6.07) is 84.6. The molecule has 16 rings (SSSR count). The van der Waals surface area contributed by atoms with Crippen LogP contribution in [-0.4, -0.2) is 19.5 Å². The lowest BCUT2D eigenvalue weighted by molar-refractivity contribution is 0.668. The molecule has 0 saturated heterocycles. The second-order valence-electron chi connectivity index (χ2n) is 19.5. The summed E-state index contributed by atoms with van der Waals surface area (Å²) in [7, 11) is 0. The summed E-state index contributed by atoms with van der Waals surface area (Å²) in [4.78, 5) is 15.6. The summed E-state index contributed by atoms with van der Waals surface area (Å²) >= 11 is 0. The summed E-state index contributed by atoms with van der Waals surface area (Å²) in [5.41, 5.74) is 17.3. The largest absolute Gasteiger partial charge is 0.456 e. The number of rotatable bonds is 7. The Morgan fingerprint density at radius 3 is 1.59 bits per heavy atom. The molecule has 7 nitrogen and oxygen atoms in total. The number of furan rings is 3. The van der Waals surface area contributed by atoms with Gasteiger partial charge in [0.05, 0.1) is 11.0 Å². The minimum atomic E-state index is 0.551. The molecule has 354 valence electrons. The number of nitrogens with zero attached hydrogens (tertiary/aromatic N) is 4. The third-order valence-corrected chi connectivity index (χ3v) is 15.1. The molecule has 11 aromatic carbocycles. The summed E-state index contributed by atoms with van der Waals surface area (Å²) in [5.74, 6) is 1.70. The predicted octanol–water partition coefficient (Wildman–Crippen LogP) is 18.7. The van der Waals surface area contributed by atoms with E-state index in [1.54, 1.807) is 0 Å². The van der Waals surface area contributed by atoms with E-state index in [2.05, 4.69) is 174 Å².